The van der Waals surface area contributed by atoms with Gasteiger partial charge in [0.05, 0.1) is 0 Å². The van der Waals surface area contributed by atoms with Crippen LogP contribution in [0.5, 0.6) is 0 Å². The zero-order valence-corrected chi connectivity index (χ0v) is 13.8. The summed E-state index contributed by atoms with van der Waals surface area (Å²) in [4.78, 5) is 25.5. The molecule has 0 radical (unpaired) electrons. The molecule has 0 aromatic heterocycles. The van der Waals surface area contributed by atoms with E-state index in [1.165, 1.54) is 6.08 Å². The lowest BCUT2D eigenvalue weighted by molar-refractivity contribution is -0.124. The minimum atomic E-state index is -0.609. The first-order valence-electron chi connectivity index (χ1n) is 7.14. The van der Waals surface area contributed by atoms with Crippen LogP contribution in [0.3, 0.4) is 0 Å². The summed E-state index contributed by atoms with van der Waals surface area (Å²) in [6, 6.07) is 16.6. The Morgan fingerprint density at radius 1 is 1.17 bits per heavy atom. The number of cyclic esters (lactones) is 1. The summed E-state index contributed by atoms with van der Waals surface area (Å²) in [5.41, 5.74) is 1.75. The van der Waals surface area contributed by atoms with E-state index in [0.29, 0.717) is 0 Å². The molecule has 116 valence electrons. The largest absolute Gasteiger partial charge is 0.446 e. The number of hydrogen-bond donors (Lipinski definition) is 0. The molecule has 4 nitrogen and oxygen atoms in total. The van der Waals surface area contributed by atoms with E-state index in [0.717, 1.165) is 20.5 Å². The fraction of sp³-hybridized carbons (Fsp3) is 0.111. The van der Waals surface area contributed by atoms with E-state index in [2.05, 4.69) is 15.9 Å². The van der Waals surface area contributed by atoms with Gasteiger partial charge in [0.1, 0.15) is 12.6 Å². The Bertz CT molecular complexity index is 758. The Labute approximate surface area is 142 Å². The first-order valence-corrected chi connectivity index (χ1v) is 7.93. The number of benzene rings is 2. The lowest BCUT2D eigenvalue weighted by Crippen LogP contribution is -2.32. The molecule has 23 heavy (non-hydrogen) atoms. The molecular formula is C18H14BrNO3. The molecule has 0 N–H and O–H groups in total. The highest BCUT2D eigenvalue weighted by atomic mass is 79.9. The van der Waals surface area contributed by atoms with E-state index in [1.54, 1.807) is 6.08 Å². The number of halogens is 1. The minimum Gasteiger partial charge on any atom is -0.446 e. The fourth-order valence-corrected chi connectivity index (χ4v) is 2.86. The maximum absolute atomic E-state index is 12.4. The fourth-order valence-electron chi connectivity index (χ4n) is 2.44. The number of carbonyl (C=O) groups is 2. The first-order chi connectivity index (χ1) is 11.1. The van der Waals surface area contributed by atoms with Gasteiger partial charge in [0, 0.05) is 10.5 Å². The van der Waals surface area contributed by atoms with Gasteiger partial charge in [-0.2, -0.15) is 0 Å². The van der Waals surface area contributed by atoms with E-state index in [4.69, 9.17) is 4.74 Å². The van der Waals surface area contributed by atoms with E-state index in [1.807, 2.05) is 54.6 Å². The van der Waals surface area contributed by atoms with Crippen molar-refractivity contribution in [2.24, 2.45) is 0 Å². The molecule has 0 bridgehead atoms. The second kappa shape index (κ2) is 6.79. The number of ether oxygens (including phenoxy) is 1. The van der Waals surface area contributed by atoms with Crippen molar-refractivity contribution in [3.63, 3.8) is 0 Å². The highest BCUT2D eigenvalue weighted by Gasteiger charge is 2.37. The molecule has 1 aliphatic rings. The summed E-state index contributed by atoms with van der Waals surface area (Å²) < 4.78 is 5.98. The van der Waals surface area contributed by atoms with Crippen molar-refractivity contribution in [2.75, 3.05) is 6.61 Å². The monoisotopic (exact) mass is 371 g/mol. The van der Waals surface area contributed by atoms with Gasteiger partial charge in [0.2, 0.25) is 0 Å². The van der Waals surface area contributed by atoms with Crippen LogP contribution in [0, 0.1) is 0 Å². The molecule has 1 atom stereocenters. The van der Waals surface area contributed by atoms with Crippen molar-refractivity contribution in [3.05, 3.63) is 76.3 Å². The summed E-state index contributed by atoms with van der Waals surface area (Å²) in [6.07, 6.45) is 2.47. The Kier molecular flexibility index (Phi) is 4.57. The zero-order chi connectivity index (χ0) is 16.2. The van der Waals surface area contributed by atoms with Crippen molar-refractivity contribution in [1.82, 2.24) is 4.90 Å². The number of amides is 2. The third-order valence-electron chi connectivity index (χ3n) is 3.56. The molecule has 1 heterocycles. The van der Waals surface area contributed by atoms with E-state index in [-0.39, 0.29) is 18.6 Å². The second-order valence-corrected chi connectivity index (χ2v) is 6.02. The molecule has 0 aliphatic carbocycles. The van der Waals surface area contributed by atoms with Crippen LogP contribution < -0.4 is 0 Å². The van der Waals surface area contributed by atoms with Gasteiger partial charge in [-0.15, -0.1) is 0 Å². The molecule has 5 heteroatoms. The maximum atomic E-state index is 12.4. The smallest absolute Gasteiger partial charge is 0.417 e. The Hall–Kier alpha value is -2.40. The van der Waals surface area contributed by atoms with Gasteiger partial charge in [-0.05, 0) is 29.3 Å². The standard InChI is InChI=1S/C18H14BrNO3/c19-15-8-4-5-13(11-15)9-10-17(21)20-16(12-23-18(20)22)14-6-2-1-3-7-14/h1-11,16H,12H2/b10-9+. The number of carbonyl (C=O) groups excluding carboxylic acids is 2. The summed E-state index contributed by atoms with van der Waals surface area (Å²) in [6.45, 7) is 0.180. The van der Waals surface area contributed by atoms with Gasteiger partial charge in [0.15, 0.2) is 0 Å². The van der Waals surface area contributed by atoms with Gasteiger partial charge < -0.3 is 4.74 Å². The van der Waals surface area contributed by atoms with Crippen LogP contribution in [-0.2, 0) is 9.53 Å². The van der Waals surface area contributed by atoms with Gasteiger partial charge in [-0.25, -0.2) is 9.69 Å². The molecule has 1 saturated heterocycles. The topological polar surface area (TPSA) is 46.6 Å². The van der Waals surface area contributed by atoms with Crippen LogP contribution in [0.25, 0.3) is 6.08 Å². The number of rotatable bonds is 3. The normalized spacial score (nSPS) is 17.5. The third-order valence-corrected chi connectivity index (χ3v) is 4.06. The van der Waals surface area contributed by atoms with Crippen molar-refractivity contribution in [2.45, 2.75) is 6.04 Å². The van der Waals surface area contributed by atoms with Crippen LogP contribution in [0.1, 0.15) is 17.2 Å². The number of hydrogen-bond acceptors (Lipinski definition) is 3. The Morgan fingerprint density at radius 3 is 2.70 bits per heavy atom. The summed E-state index contributed by atoms with van der Waals surface area (Å²) in [5, 5.41) is 0. The molecule has 2 aromatic carbocycles. The molecule has 2 aromatic rings. The summed E-state index contributed by atoms with van der Waals surface area (Å²) >= 11 is 3.38. The van der Waals surface area contributed by atoms with Crippen LogP contribution in [0.2, 0.25) is 0 Å². The van der Waals surface area contributed by atoms with Gasteiger partial charge >= 0.3 is 6.09 Å². The van der Waals surface area contributed by atoms with Gasteiger partial charge in [-0.3, -0.25) is 4.79 Å². The number of imide groups is 1. The molecule has 3 rings (SSSR count). The lowest BCUT2D eigenvalue weighted by atomic mass is 10.1. The maximum Gasteiger partial charge on any atom is 0.417 e. The van der Waals surface area contributed by atoms with Crippen molar-refractivity contribution < 1.29 is 14.3 Å². The highest BCUT2D eigenvalue weighted by Crippen LogP contribution is 2.28. The lowest BCUT2D eigenvalue weighted by Gasteiger charge is -2.18. The third kappa shape index (κ3) is 3.51. The molecule has 0 saturated carbocycles. The Balaban J connectivity index is 1.80. The number of nitrogens with zero attached hydrogens (tertiary/aromatic N) is 1. The van der Waals surface area contributed by atoms with Crippen LogP contribution in [0.15, 0.2) is 65.1 Å². The molecule has 1 unspecified atom stereocenters. The second-order valence-electron chi connectivity index (χ2n) is 5.10. The molecular weight excluding hydrogens is 358 g/mol. The minimum absolute atomic E-state index is 0.180. The molecule has 0 spiro atoms. The molecule has 2 amide bonds. The SMILES string of the molecule is O=C(/C=C/c1cccc(Br)c1)N1C(=O)OCC1c1ccccc1. The predicted molar refractivity (Wildman–Crippen MR) is 90.6 cm³/mol. The van der Waals surface area contributed by atoms with Crippen LogP contribution in [0.4, 0.5) is 4.79 Å². The van der Waals surface area contributed by atoms with Crippen molar-refractivity contribution in [3.8, 4) is 0 Å². The van der Waals surface area contributed by atoms with E-state index >= 15 is 0 Å². The summed E-state index contributed by atoms with van der Waals surface area (Å²) in [5.74, 6) is -0.388. The average Bonchev–Trinajstić information content (AvgIpc) is 2.95. The summed E-state index contributed by atoms with van der Waals surface area (Å²) in [7, 11) is 0. The van der Waals surface area contributed by atoms with Crippen molar-refractivity contribution >= 4 is 34.0 Å². The predicted octanol–water partition coefficient (Wildman–Crippen LogP) is 4.18. The van der Waals surface area contributed by atoms with Crippen molar-refractivity contribution in [1.29, 1.82) is 0 Å². The van der Waals surface area contributed by atoms with E-state index < -0.39 is 6.09 Å². The van der Waals surface area contributed by atoms with Gasteiger partial charge in [0.25, 0.3) is 5.91 Å². The molecule has 1 aliphatic heterocycles. The Morgan fingerprint density at radius 2 is 1.96 bits per heavy atom. The van der Waals surface area contributed by atoms with Gasteiger partial charge in [-0.1, -0.05) is 58.4 Å². The highest BCUT2D eigenvalue weighted by molar-refractivity contribution is 9.10. The quantitative estimate of drug-likeness (QED) is 0.760. The van der Waals surface area contributed by atoms with Crippen LogP contribution >= 0.6 is 15.9 Å². The van der Waals surface area contributed by atoms with E-state index in [9.17, 15) is 9.59 Å². The zero-order valence-electron chi connectivity index (χ0n) is 12.2. The average molecular weight is 372 g/mol. The first kappa shape index (κ1) is 15.5. The van der Waals surface area contributed by atoms with Crippen LogP contribution in [-0.4, -0.2) is 23.5 Å². The molecule has 1 fully saturated rings.